The van der Waals surface area contributed by atoms with Crippen molar-refractivity contribution in [2.24, 2.45) is 5.41 Å². The van der Waals surface area contributed by atoms with Gasteiger partial charge in [0.2, 0.25) is 0 Å². The summed E-state index contributed by atoms with van der Waals surface area (Å²) in [7, 11) is -3.53. The van der Waals surface area contributed by atoms with E-state index in [1.54, 1.807) is 0 Å². The molecule has 7 heteroatoms. The van der Waals surface area contributed by atoms with E-state index in [1.165, 1.54) is 0 Å². The standard InChI is InChI=1S/C12H12BrF3O2S/c13-7-11(5-6-11)8-19(17,18)10-3-1-9(2-4-10)12(14,15)16/h1-4H,5-8H2. The lowest BCUT2D eigenvalue weighted by Gasteiger charge is -2.13. The van der Waals surface area contributed by atoms with Crippen LogP contribution in [0.1, 0.15) is 18.4 Å². The highest BCUT2D eigenvalue weighted by molar-refractivity contribution is 9.09. The van der Waals surface area contributed by atoms with Gasteiger partial charge in [-0.1, -0.05) is 15.9 Å². The Labute approximate surface area is 118 Å². The van der Waals surface area contributed by atoms with Crippen LogP contribution >= 0.6 is 15.9 Å². The monoisotopic (exact) mass is 356 g/mol. The fourth-order valence-electron chi connectivity index (χ4n) is 1.83. The van der Waals surface area contributed by atoms with Gasteiger partial charge in [0, 0.05) is 5.33 Å². The van der Waals surface area contributed by atoms with Crippen LogP contribution in [-0.4, -0.2) is 19.5 Å². The van der Waals surface area contributed by atoms with Gasteiger partial charge in [-0.05, 0) is 42.5 Å². The normalized spacial score (nSPS) is 18.3. The van der Waals surface area contributed by atoms with Crippen LogP contribution in [0.4, 0.5) is 13.2 Å². The van der Waals surface area contributed by atoms with E-state index in [0.29, 0.717) is 5.33 Å². The molecule has 1 saturated carbocycles. The highest BCUT2D eigenvalue weighted by atomic mass is 79.9. The first kappa shape index (κ1) is 14.8. The molecule has 0 spiro atoms. The van der Waals surface area contributed by atoms with E-state index in [-0.39, 0.29) is 16.1 Å². The van der Waals surface area contributed by atoms with Gasteiger partial charge in [0.25, 0.3) is 0 Å². The van der Waals surface area contributed by atoms with E-state index in [0.717, 1.165) is 37.1 Å². The van der Waals surface area contributed by atoms with E-state index < -0.39 is 21.6 Å². The average molecular weight is 357 g/mol. The van der Waals surface area contributed by atoms with E-state index in [4.69, 9.17) is 0 Å². The van der Waals surface area contributed by atoms with Crippen LogP contribution in [0, 0.1) is 5.41 Å². The van der Waals surface area contributed by atoms with Gasteiger partial charge in [-0.25, -0.2) is 8.42 Å². The van der Waals surface area contributed by atoms with Crippen molar-refractivity contribution in [3.05, 3.63) is 29.8 Å². The Bertz CT molecular complexity index is 560. The van der Waals surface area contributed by atoms with Gasteiger partial charge in [0.15, 0.2) is 9.84 Å². The zero-order valence-electron chi connectivity index (χ0n) is 9.87. The van der Waals surface area contributed by atoms with Gasteiger partial charge < -0.3 is 0 Å². The van der Waals surface area contributed by atoms with Crippen molar-refractivity contribution in [1.29, 1.82) is 0 Å². The van der Waals surface area contributed by atoms with Crippen LogP contribution in [0.5, 0.6) is 0 Å². The molecule has 1 aliphatic carbocycles. The molecule has 2 rings (SSSR count). The Morgan fingerprint density at radius 2 is 1.68 bits per heavy atom. The molecule has 0 saturated heterocycles. The number of halogens is 4. The van der Waals surface area contributed by atoms with Crippen LogP contribution in [0.25, 0.3) is 0 Å². The summed E-state index contributed by atoms with van der Waals surface area (Å²) in [4.78, 5) is -0.0484. The van der Waals surface area contributed by atoms with E-state index >= 15 is 0 Å². The van der Waals surface area contributed by atoms with E-state index in [1.807, 2.05) is 0 Å². The van der Waals surface area contributed by atoms with Crippen LogP contribution < -0.4 is 0 Å². The van der Waals surface area contributed by atoms with Crippen molar-refractivity contribution in [2.45, 2.75) is 23.9 Å². The Morgan fingerprint density at radius 3 is 2.05 bits per heavy atom. The molecule has 1 aromatic carbocycles. The summed E-state index contributed by atoms with van der Waals surface area (Å²) in [6.45, 7) is 0. The maximum absolute atomic E-state index is 12.4. The number of hydrogen-bond donors (Lipinski definition) is 0. The Hall–Kier alpha value is -0.560. The zero-order chi connectivity index (χ0) is 14.3. The molecule has 0 atom stereocenters. The average Bonchev–Trinajstić information content (AvgIpc) is 3.08. The summed E-state index contributed by atoms with van der Waals surface area (Å²) in [6.07, 6.45) is -2.79. The number of hydrogen-bond acceptors (Lipinski definition) is 2. The third-order valence-corrected chi connectivity index (χ3v) is 6.45. The van der Waals surface area contributed by atoms with Crippen molar-refractivity contribution in [1.82, 2.24) is 0 Å². The maximum Gasteiger partial charge on any atom is 0.416 e. The van der Waals surface area contributed by atoms with Gasteiger partial charge in [-0.2, -0.15) is 13.2 Å². The minimum absolute atomic E-state index is 0.0172. The molecule has 1 fully saturated rings. The topological polar surface area (TPSA) is 34.1 Å². The minimum Gasteiger partial charge on any atom is -0.224 e. The largest absolute Gasteiger partial charge is 0.416 e. The van der Waals surface area contributed by atoms with E-state index in [2.05, 4.69) is 15.9 Å². The zero-order valence-corrected chi connectivity index (χ0v) is 12.3. The van der Waals surface area contributed by atoms with Crippen LogP contribution in [0.3, 0.4) is 0 Å². The summed E-state index contributed by atoms with van der Waals surface area (Å²) in [5.41, 5.74) is -1.07. The summed E-state index contributed by atoms with van der Waals surface area (Å²) in [5.74, 6) is -0.0172. The molecule has 0 aliphatic heterocycles. The summed E-state index contributed by atoms with van der Waals surface area (Å²) < 4.78 is 61.4. The first-order chi connectivity index (χ1) is 8.69. The predicted octanol–water partition coefficient (Wildman–Crippen LogP) is 3.65. The number of sulfone groups is 1. The van der Waals surface area contributed by atoms with Crippen molar-refractivity contribution in [3.8, 4) is 0 Å². The Kier molecular flexibility index (Phi) is 3.72. The third kappa shape index (κ3) is 3.31. The summed E-state index contributed by atoms with van der Waals surface area (Å²) in [6, 6.07) is 3.67. The van der Waals surface area contributed by atoms with Crippen molar-refractivity contribution in [3.63, 3.8) is 0 Å². The molecule has 0 radical (unpaired) electrons. The Balaban J connectivity index is 2.22. The molecule has 0 bridgehead atoms. The molecule has 2 nitrogen and oxygen atoms in total. The lowest BCUT2D eigenvalue weighted by molar-refractivity contribution is -0.137. The Morgan fingerprint density at radius 1 is 1.16 bits per heavy atom. The SMILES string of the molecule is O=S(=O)(CC1(CBr)CC1)c1ccc(C(F)(F)F)cc1. The lowest BCUT2D eigenvalue weighted by Crippen LogP contribution is -2.19. The van der Waals surface area contributed by atoms with Gasteiger partial charge >= 0.3 is 6.18 Å². The number of alkyl halides is 4. The summed E-state index contributed by atoms with van der Waals surface area (Å²) in [5, 5.41) is 0.597. The second-order valence-corrected chi connectivity index (χ2v) is 7.47. The van der Waals surface area contributed by atoms with Gasteiger partial charge in [-0.15, -0.1) is 0 Å². The molecular weight excluding hydrogens is 345 g/mol. The van der Waals surface area contributed by atoms with Crippen LogP contribution in [0.15, 0.2) is 29.2 Å². The molecule has 0 N–H and O–H groups in total. The minimum atomic E-state index is -4.45. The van der Waals surface area contributed by atoms with Crippen molar-refractivity contribution >= 4 is 25.8 Å². The van der Waals surface area contributed by atoms with Crippen molar-refractivity contribution in [2.75, 3.05) is 11.1 Å². The highest BCUT2D eigenvalue weighted by Gasteiger charge is 2.45. The smallest absolute Gasteiger partial charge is 0.224 e. The fraction of sp³-hybridized carbons (Fsp3) is 0.500. The predicted molar refractivity (Wildman–Crippen MR) is 69.0 cm³/mol. The third-order valence-electron chi connectivity index (χ3n) is 3.28. The van der Waals surface area contributed by atoms with Gasteiger partial charge in [0.05, 0.1) is 16.2 Å². The first-order valence-electron chi connectivity index (χ1n) is 5.65. The second kappa shape index (κ2) is 4.77. The molecule has 0 amide bonds. The van der Waals surface area contributed by atoms with E-state index in [9.17, 15) is 21.6 Å². The lowest BCUT2D eigenvalue weighted by atomic mass is 10.2. The van der Waals surface area contributed by atoms with Gasteiger partial charge in [-0.3, -0.25) is 0 Å². The highest BCUT2D eigenvalue weighted by Crippen LogP contribution is 2.48. The molecule has 106 valence electrons. The number of rotatable bonds is 4. The molecule has 0 unspecified atom stereocenters. The molecule has 0 aromatic heterocycles. The second-order valence-electron chi connectivity index (χ2n) is 4.91. The first-order valence-corrected chi connectivity index (χ1v) is 8.42. The molecule has 19 heavy (non-hydrogen) atoms. The number of benzene rings is 1. The molecule has 1 aliphatic rings. The fourth-order valence-corrected chi connectivity index (χ4v) is 4.77. The molecular formula is C12H12BrF3O2S. The molecule has 0 heterocycles. The van der Waals surface area contributed by atoms with Crippen molar-refractivity contribution < 1.29 is 21.6 Å². The maximum atomic E-state index is 12.4. The summed E-state index contributed by atoms with van der Waals surface area (Å²) >= 11 is 3.28. The van der Waals surface area contributed by atoms with Crippen LogP contribution in [-0.2, 0) is 16.0 Å². The quantitative estimate of drug-likeness (QED) is 0.771. The van der Waals surface area contributed by atoms with Crippen LogP contribution in [0.2, 0.25) is 0 Å². The van der Waals surface area contributed by atoms with Gasteiger partial charge in [0.1, 0.15) is 0 Å². The molecule has 1 aromatic rings.